The summed E-state index contributed by atoms with van der Waals surface area (Å²) >= 11 is 0. The van der Waals surface area contributed by atoms with E-state index in [2.05, 4.69) is 15.2 Å². The van der Waals surface area contributed by atoms with Crippen molar-refractivity contribution in [3.63, 3.8) is 0 Å². The third-order valence-electron chi connectivity index (χ3n) is 4.62. The van der Waals surface area contributed by atoms with Crippen LogP contribution in [-0.2, 0) is 13.0 Å². The molecule has 4 rings (SSSR count). The molecule has 7 nitrogen and oxygen atoms in total. The molecule has 0 bridgehead atoms. The summed E-state index contributed by atoms with van der Waals surface area (Å²) in [5.41, 5.74) is 3.38. The van der Waals surface area contributed by atoms with Crippen LogP contribution in [0.3, 0.4) is 0 Å². The van der Waals surface area contributed by atoms with Crippen LogP contribution in [0, 0.1) is 6.92 Å². The molecule has 0 radical (unpaired) electrons. The molecule has 0 aliphatic heterocycles. The van der Waals surface area contributed by atoms with Crippen LogP contribution in [0.25, 0.3) is 22.6 Å². The Balaban J connectivity index is 1.53. The molecule has 0 unspecified atom stereocenters. The predicted molar refractivity (Wildman–Crippen MR) is 109 cm³/mol. The SMILES string of the molecule is COc1cccc(-c2ccc(=O)n(CCc3nc(-c4ccccc4C)no3)n2)c1. The molecule has 146 valence electrons. The number of methoxy groups -OCH3 is 1. The van der Waals surface area contributed by atoms with Crippen molar-refractivity contribution in [1.29, 1.82) is 0 Å². The molecule has 7 heteroatoms. The first-order valence-corrected chi connectivity index (χ1v) is 9.25. The van der Waals surface area contributed by atoms with Gasteiger partial charge in [-0.25, -0.2) is 4.68 Å². The van der Waals surface area contributed by atoms with Gasteiger partial charge in [0.15, 0.2) is 0 Å². The van der Waals surface area contributed by atoms with Crippen LogP contribution >= 0.6 is 0 Å². The molecule has 0 saturated heterocycles. The molecule has 0 saturated carbocycles. The van der Waals surface area contributed by atoms with Crippen molar-refractivity contribution < 1.29 is 9.26 Å². The van der Waals surface area contributed by atoms with Crippen molar-refractivity contribution in [3.05, 3.63) is 82.5 Å². The van der Waals surface area contributed by atoms with Crippen LogP contribution in [0.2, 0.25) is 0 Å². The minimum Gasteiger partial charge on any atom is -0.497 e. The molecule has 2 aromatic carbocycles. The summed E-state index contributed by atoms with van der Waals surface area (Å²) in [7, 11) is 1.61. The number of benzene rings is 2. The Bertz CT molecular complexity index is 1200. The Morgan fingerprint density at radius 1 is 1.07 bits per heavy atom. The van der Waals surface area contributed by atoms with Crippen LogP contribution in [0.1, 0.15) is 11.5 Å². The van der Waals surface area contributed by atoms with E-state index in [0.29, 0.717) is 30.4 Å². The number of aromatic nitrogens is 4. The largest absolute Gasteiger partial charge is 0.497 e. The average molecular weight is 388 g/mol. The molecule has 0 atom stereocenters. The number of ether oxygens (including phenoxy) is 1. The maximum Gasteiger partial charge on any atom is 0.266 e. The molecule has 4 aromatic rings. The third kappa shape index (κ3) is 4.08. The molecule has 2 aromatic heterocycles. The van der Waals surface area contributed by atoms with Crippen molar-refractivity contribution in [2.45, 2.75) is 19.9 Å². The first kappa shape index (κ1) is 18.6. The Morgan fingerprint density at radius 3 is 2.76 bits per heavy atom. The highest BCUT2D eigenvalue weighted by atomic mass is 16.5. The van der Waals surface area contributed by atoms with Crippen LogP contribution in [0.5, 0.6) is 5.75 Å². The number of hydrogen-bond acceptors (Lipinski definition) is 6. The fourth-order valence-electron chi connectivity index (χ4n) is 3.04. The first-order chi connectivity index (χ1) is 14.1. The van der Waals surface area contributed by atoms with Gasteiger partial charge in [-0.1, -0.05) is 41.6 Å². The van der Waals surface area contributed by atoms with Gasteiger partial charge >= 0.3 is 0 Å². The monoisotopic (exact) mass is 388 g/mol. The van der Waals surface area contributed by atoms with Gasteiger partial charge in [0.25, 0.3) is 5.56 Å². The fraction of sp³-hybridized carbons (Fsp3) is 0.182. The maximum atomic E-state index is 12.2. The van der Waals surface area contributed by atoms with E-state index in [1.54, 1.807) is 13.2 Å². The number of aryl methyl sites for hydroxylation is 3. The lowest BCUT2D eigenvalue weighted by Crippen LogP contribution is -2.23. The minimum absolute atomic E-state index is 0.185. The van der Waals surface area contributed by atoms with E-state index < -0.39 is 0 Å². The van der Waals surface area contributed by atoms with Crippen LogP contribution < -0.4 is 10.3 Å². The Hall–Kier alpha value is -3.74. The Labute approximate surface area is 167 Å². The van der Waals surface area contributed by atoms with Crippen molar-refractivity contribution in [2.75, 3.05) is 7.11 Å². The van der Waals surface area contributed by atoms with Crippen LogP contribution in [-0.4, -0.2) is 27.0 Å². The van der Waals surface area contributed by atoms with Gasteiger partial charge in [0.05, 0.1) is 19.3 Å². The first-order valence-electron chi connectivity index (χ1n) is 9.25. The standard InChI is InChI=1S/C22H20N4O3/c1-15-6-3-4-9-18(15)22-23-20(29-25-22)12-13-26-21(27)11-10-19(24-26)16-7-5-8-17(14-16)28-2/h3-11,14H,12-13H2,1-2H3. The molecule has 0 amide bonds. The molecule has 2 heterocycles. The zero-order chi connectivity index (χ0) is 20.2. The number of nitrogens with zero attached hydrogens (tertiary/aromatic N) is 4. The summed E-state index contributed by atoms with van der Waals surface area (Å²) < 4.78 is 12.0. The van der Waals surface area contributed by atoms with Crippen molar-refractivity contribution >= 4 is 0 Å². The van der Waals surface area contributed by atoms with E-state index in [0.717, 1.165) is 22.4 Å². The summed E-state index contributed by atoms with van der Waals surface area (Å²) in [5, 5.41) is 8.53. The highest BCUT2D eigenvalue weighted by Gasteiger charge is 2.11. The second-order valence-electron chi connectivity index (χ2n) is 6.59. The van der Waals surface area contributed by atoms with E-state index in [1.807, 2.05) is 55.5 Å². The smallest absolute Gasteiger partial charge is 0.266 e. The Kier molecular flexibility index (Phi) is 5.20. The quantitative estimate of drug-likeness (QED) is 0.503. The van der Waals surface area contributed by atoms with Gasteiger partial charge in [0.1, 0.15) is 5.75 Å². The van der Waals surface area contributed by atoms with E-state index in [9.17, 15) is 4.79 Å². The second kappa shape index (κ2) is 8.10. The molecule has 0 fully saturated rings. The lowest BCUT2D eigenvalue weighted by Gasteiger charge is -2.07. The summed E-state index contributed by atoms with van der Waals surface area (Å²) in [4.78, 5) is 16.7. The van der Waals surface area contributed by atoms with E-state index in [1.165, 1.54) is 10.7 Å². The lowest BCUT2D eigenvalue weighted by molar-refractivity contribution is 0.367. The number of hydrogen-bond donors (Lipinski definition) is 0. The highest BCUT2D eigenvalue weighted by molar-refractivity contribution is 5.60. The molecular formula is C22H20N4O3. The van der Waals surface area contributed by atoms with Crippen molar-refractivity contribution in [1.82, 2.24) is 19.9 Å². The van der Waals surface area contributed by atoms with Crippen LogP contribution in [0.4, 0.5) is 0 Å². The molecule has 0 aliphatic rings. The van der Waals surface area contributed by atoms with E-state index in [-0.39, 0.29) is 5.56 Å². The summed E-state index contributed by atoms with van der Waals surface area (Å²) in [6.07, 6.45) is 0.410. The molecule has 0 aliphatic carbocycles. The summed E-state index contributed by atoms with van der Waals surface area (Å²) in [5.74, 6) is 1.74. The highest BCUT2D eigenvalue weighted by Crippen LogP contribution is 2.22. The third-order valence-corrected chi connectivity index (χ3v) is 4.62. The lowest BCUT2D eigenvalue weighted by atomic mass is 10.1. The topological polar surface area (TPSA) is 83.0 Å². The normalized spacial score (nSPS) is 10.8. The molecule has 29 heavy (non-hydrogen) atoms. The maximum absolute atomic E-state index is 12.2. The predicted octanol–water partition coefficient (Wildman–Crippen LogP) is 3.52. The van der Waals surface area contributed by atoms with Crippen molar-refractivity contribution in [3.8, 4) is 28.4 Å². The average Bonchev–Trinajstić information content (AvgIpc) is 3.22. The van der Waals surface area contributed by atoms with Gasteiger partial charge in [-0.05, 0) is 30.7 Å². The molecular weight excluding hydrogens is 368 g/mol. The summed E-state index contributed by atoms with van der Waals surface area (Å²) in [6.45, 7) is 2.34. The van der Waals surface area contributed by atoms with Gasteiger partial charge in [0.2, 0.25) is 11.7 Å². The van der Waals surface area contributed by atoms with Gasteiger partial charge < -0.3 is 9.26 Å². The number of rotatable bonds is 6. The van der Waals surface area contributed by atoms with Gasteiger partial charge in [-0.3, -0.25) is 4.79 Å². The minimum atomic E-state index is -0.185. The molecule has 0 N–H and O–H groups in total. The summed E-state index contributed by atoms with van der Waals surface area (Å²) in [6, 6.07) is 18.6. The van der Waals surface area contributed by atoms with Gasteiger partial charge in [0, 0.05) is 23.6 Å². The second-order valence-corrected chi connectivity index (χ2v) is 6.59. The van der Waals surface area contributed by atoms with Crippen molar-refractivity contribution in [2.24, 2.45) is 0 Å². The van der Waals surface area contributed by atoms with Gasteiger partial charge in [-0.2, -0.15) is 10.1 Å². The van der Waals surface area contributed by atoms with Gasteiger partial charge in [-0.15, -0.1) is 0 Å². The Morgan fingerprint density at radius 2 is 1.93 bits per heavy atom. The van der Waals surface area contributed by atoms with E-state index >= 15 is 0 Å². The zero-order valence-electron chi connectivity index (χ0n) is 16.2. The fourth-order valence-corrected chi connectivity index (χ4v) is 3.04. The van der Waals surface area contributed by atoms with E-state index in [4.69, 9.17) is 9.26 Å². The zero-order valence-corrected chi connectivity index (χ0v) is 16.2. The van der Waals surface area contributed by atoms with Crippen LogP contribution in [0.15, 0.2) is 70.0 Å². The molecule has 0 spiro atoms.